The third kappa shape index (κ3) is 7.37. The number of benzene rings is 1. The molecular weight excluding hydrogens is 318 g/mol. The molecule has 136 valence electrons. The van der Waals surface area contributed by atoms with Gasteiger partial charge in [0, 0.05) is 11.8 Å². The van der Waals surface area contributed by atoms with Crippen molar-refractivity contribution < 1.29 is 14.3 Å². The van der Waals surface area contributed by atoms with E-state index in [1.807, 2.05) is 25.1 Å². The summed E-state index contributed by atoms with van der Waals surface area (Å²) in [5.74, 6) is 0.245. The van der Waals surface area contributed by atoms with E-state index in [9.17, 15) is 9.59 Å². The molecule has 0 saturated heterocycles. The average molecular weight is 345 g/mol. The second-order valence-electron chi connectivity index (χ2n) is 6.57. The third-order valence-electron chi connectivity index (χ3n) is 4.12. The molecule has 0 radical (unpaired) electrons. The Hall–Kier alpha value is -2.37. The molecule has 25 heavy (non-hydrogen) atoms. The number of carbonyl (C=O) groups is 2. The third-order valence-corrected chi connectivity index (χ3v) is 4.12. The first kappa shape index (κ1) is 19.0. The molecule has 1 aliphatic carbocycles. The highest BCUT2D eigenvalue weighted by molar-refractivity contribution is 6.00. The Morgan fingerprint density at radius 1 is 1.20 bits per heavy atom. The van der Waals surface area contributed by atoms with Crippen LogP contribution in [0.3, 0.4) is 0 Å². The van der Waals surface area contributed by atoms with Crippen LogP contribution in [0.1, 0.15) is 51.0 Å². The molecule has 0 unspecified atom stereocenters. The van der Waals surface area contributed by atoms with E-state index in [0.717, 1.165) is 18.4 Å². The topological polar surface area (TPSA) is 79.8 Å². The molecule has 0 atom stereocenters. The molecule has 1 aromatic rings. The van der Waals surface area contributed by atoms with Crippen LogP contribution in [0.15, 0.2) is 29.4 Å². The van der Waals surface area contributed by atoms with Gasteiger partial charge < -0.3 is 10.1 Å². The number of nitrogens with one attached hydrogen (secondary N) is 2. The number of hydrogen-bond donors (Lipinski definition) is 2. The first-order chi connectivity index (χ1) is 12.0. The number of ether oxygens (including phenoxy) is 1. The minimum absolute atomic E-state index is 0.0431. The normalized spacial score (nSPS) is 15.5. The van der Waals surface area contributed by atoms with Crippen LogP contribution in [0.25, 0.3) is 0 Å². The summed E-state index contributed by atoms with van der Waals surface area (Å²) >= 11 is 0. The van der Waals surface area contributed by atoms with Crippen LogP contribution in [0.4, 0.5) is 0 Å². The number of carbonyl (C=O) groups excluding carboxylic acids is 2. The molecule has 1 aliphatic rings. The fraction of sp³-hybridized carbons (Fsp3) is 0.526. The Morgan fingerprint density at radius 3 is 2.68 bits per heavy atom. The van der Waals surface area contributed by atoms with E-state index in [-0.39, 0.29) is 30.9 Å². The summed E-state index contributed by atoms with van der Waals surface area (Å²) in [5.41, 5.74) is 4.05. The Bertz CT molecular complexity index is 622. The number of nitrogens with zero attached hydrogens (tertiary/aromatic N) is 1. The molecular formula is C19H27N3O3. The van der Waals surface area contributed by atoms with Crippen molar-refractivity contribution in [1.29, 1.82) is 0 Å². The summed E-state index contributed by atoms with van der Waals surface area (Å²) in [5, 5.41) is 7.00. The standard InChI is InChI=1S/C19H27N3O3/c1-14-7-6-10-17(11-14)25-13-19(24)22-21-15(2)12-18(23)20-16-8-4-3-5-9-16/h6-7,10-11,16H,3-5,8-9,12-13H2,1-2H3,(H,20,23)(H,22,24). The van der Waals surface area contributed by atoms with Gasteiger partial charge in [0.2, 0.25) is 5.91 Å². The van der Waals surface area contributed by atoms with Gasteiger partial charge in [-0.1, -0.05) is 31.4 Å². The lowest BCUT2D eigenvalue weighted by atomic mass is 9.95. The first-order valence-electron chi connectivity index (χ1n) is 8.84. The van der Waals surface area contributed by atoms with E-state index in [4.69, 9.17) is 4.74 Å². The van der Waals surface area contributed by atoms with Crippen molar-refractivity contribution in [3.63, 3.8) is 0 Å². The monoisotopic (exact) mass is 345 g/mol. The van der Waals surface area contributed by atoms with Crippen LogP contribution in [-0.2, 0) is 9.59 Å². The number of rotatable bonds is 7. The van der Waals surface area contributed by atoms with Crippen LogP contribution < -0.4 is 15.5 Å². The lowest BCUT2D eigenvalue weighted by Gasteiger charge is -2.22. The average Bonchev–Trinajstić information content (AvgIpc) is 2.59. The Morgan fingerprint density at radius 2 is 1.96 bits per heavy atom. The van der Waals surface area contributed by atoms with Crippen molar-refractivity contribution in [3.05, 3.63) is 29.8 Å². The summed E-state index contributed by atoms with van der Waals surface area (Å²) in [7, 11) is 0. The SMILES string of the molecule is CC(CC(=O)NC1CCCCC1)=NNC(=O)COc1cccc(C)c1. The molecule has 2 rings (SSSR count). The minimum atomic E-state index is -0.353. The fourth-order valence-corrected chi connectivity index (χ4v) is 2.84. The van der Waals surface area contributed by atoms with Crippen molar-refractivity contribution in [2.24, 2.45) is 5.10 Å². The zero-order valence-corrected chi connectivity index (χ0v) is 15.0. The van der Waals surface area contributed by atoms with E-state index >= 15 is 0 Å². The molecule has 2 N–H and O–H groups in total. The Kier molecular flexibility index (Phi) is 7.44. The highest BCUT2D eigenvalue weighted by Gasteiger charge is 2.16. The molecule has 0 aromatic heterocycles. The zero-order valence-electron chi connectivity index (χ0n) is 15.0. The van der Waals surface area contributed by atoms with Gasteiger partial charge in [-0.3, -0.25) is 9.59 Å². The van der Waals surface area contributed by atoms with Gasteiger partial charge in [-0.2, -0.15) is 5.10 Å². The predicted molar refractivity (Wildman–Crippen MR) is 97.6 cm³/mol. The van der Waals surface area contributed by atoms with Crippen molar-refractivity contribution in [2.75, 3.05) is 6.61 Å². The van der Waals surface area contributed by atoms with Crippen molar-refractivity contribution in [1.82, 2.24) is 10.7 Å². The van der Waals surface area contributed by atoms with Gasteiger partial charge in [-0.05, 0) is 44.4 Å². The maximum Gasteiger partial charge on any atom is 0.277 e. The molecule has 1 fully saturated rings. The summed E-state index contributed by atoms with van der Waals surface area (Å²) in [6, 6.07) is 7.77. The van der Waals surface area contributed by atoms with Crippen molar-refractivity contribution in [3.8, 4) is 5.75 Å². The molecule has 6 nitrogen and oxygen atoms in total. The molecule has 0 aliphatic heterocycles. The van der Waals surface area contributed by atoms with Gasteiger partial charge in [0.15, 0.2) is 6.61 Å². The highest BCUT2D eigenvalue weighted by Crippen LogP contribution is 2.17. The van der Waals surface area contributed by atoms with E-state index in [0.29, 0.717) is 11.5 Å². The minimum Gasteiger partial charge on any atom is -0.484 e. The molecule has 2 amide bonds. The molecule has 1 aromatic carbocycles. The summed E-state index contributed by atoms with van der Waals surface area (Å²) in [6.45, 7) is 3.57. The van der Waals surface area contributed by atoms with Crippen molar-refractivity contribution >= 4 is 17.5 Å². The number of amides is 2. The van der Waals surface area contributed by atoms with Gasteiger partial charge in [0.25, 0.3) is 5.91 Å². The second kappa shape index (κ2) is 9.81. The smallest absolute Gasteiger partial charge is 0.277 e. The highest BCUT2D eigenvalue weighted by atomic mass is 16.5. The molecule has 0 spiro atoms. The first-order valence-corrected chi connectivity index (χ1v) is 8.84. The predicted octanol–water partition coefficient (Wildman–Crippen LogP) is 2.70. The van der Waals surface area contributed by atoms with Gasteiger partial charge in [0.05, 0.1) is 6.42 Å². The van der Waals surface area contributed by atoms with Gasteiger partial charge >= 0.3 is 0 Å². The van der Waals surface area contributed by atoms with E-state index in [2.05, 4.69) is 15.8 Å². The fourth-order valence-electron chi connectivity index (χ4n) is 2.84. The van der Waals surface area contributed by atoms with Gasteiger partial charge in [-0.25, -0.2) is 5.43 Å². The largest absolute Gasteiger partial charge is 0.484 e. The van der Waals surface area contributed by atoms with Crippen LogP contribution in [-0.4, -0.2) is 30.2 Å². The quantitative estimate of drug-likeness (QED) is 0.589. The maximum absolute atomic E-state index is 12.0. The molecule has 0 bridgehead atoms. The molecule has 0 heterocycles. The second-order valence-corrected chi connectivity index (χ2v) is 6.57. The number of hydrazone groups is 1. The molecule has 6 heteroatoms. The van der Waals surface area contributed by atoms with Crippen LogP contribution in [0.2, 0.25) is 0 Å². The number of hydrogen-bond acceptors (Lipinski definition) is 4. The van der Waals surface area contributed by atoms with Gasteiger partial charge in [0.1, 0.15) is 5.75 Å². The number of aryl methyl sites for hydroxylation is 1. The van der Waals surface area contributed by atoms with Crippen LogP contribution >= 0.6 is 0 Å². The van der Waals surface area contributed by atoms with E-state index in [1.165, 1.54) is 19.3 Å². The van der Waals surface area contributed by atoms with Crippen LogP contribution in [0.5, 0.6) is 5.75 Å². The van der Waals surface area contributed by atoms with Crippen molar-refractivity contribution in [2.45, 2.75) is 58.4 Å². The summed E-state index contributed by atoms with van der Waals surface area (Å²) in [6.07, 6.45) is 5.90. The van der Waals surface area contributed by atoms with Gasteiger partial charge in [-0.15, -0.1) is 0 Å². The lowest BCUT2D eigenvalue weighted by Crippen LogP contribution is -2.37. The van der Waals surface area contributed by atoms with E-state index in [1.54, 1.807) is 13.0 Å². The lowest BCUT2D eigenvalue weighted by molar-refractivity contribution is -0.123. The summed E-state index contributed by atoms with van der Waals surface area (Å²) < 4.78 is 5.40. The van der Waals surface area contributed by atoms with Crippen LogP contribution in [0, 0.1) is 6.92 Å². The molecule has 1 saturated carbocycles. The summed E-state index contributed by atoms with van der Waals surface area (Å²) in [4.78, 5) is 23.7. The van der Waals surface area contributed by atoms with E-state index < -0.39 is 0 Å². The zero-order chi connectivity index (χ0) is 18.1. The Balaban J connectivity index is 1.68. The Labute approximate surface area is 149 Å². The maximum atomic E-state index is 12.0.